The van der Waals surface area contributed by atoms with Crippen LogP contribution in [0.25, 0.3) is 10.8 Å². The van der Waals surface area contributed by atoms with E-state index in [0.717, 1.165) is 30.0 Å². The molecule has 1 heterocycles. The van der Waals surface area contributed by atoms with Crippen molar-refractivity contribution in [2.45, 2.75) is 37.9 Å². The summed E-state index contributed by atoms with van der Waals surface area (Å²) in [6.45, 7) is 0. The van der Waals surface area contributed by atoms with Crippen LogP contribution in [0.4, 0.5) is 0 Å². The van der Waals surface area contributed by atoms with E-state index < -0.39 is 0 Å². The molecule has 0 saturated heterocycles. The molecule has 0 radical (unpaired) electrons. The molecule has 2 amide bonds. The summed E-state index contributed by atoms with van der Waals surface area (Å²) in [5, 5.41) is 21.8. The van der Waals surface area contributed by atoms with E-state index in [-0.39, 0.29) is 24.0 Å². The van der Waals surface area contributed by atoms with E-state index in [4.69, 9.17) is 10.2 Å². The molecule has 2 aromatic carbocycles. The summed E-state index contributed by atoms with van der Waals surface area (Å²) in [5.74, 6) is -0.631. The molecular formula is C18H19NO4. The maximum atomic E-state index is 11.6. The molecule has 0 spiro atoms. The average Bonchev–Trinajstić information content (AvgIpc) is 2.53. The van der Waals surface area contributed by atoms with Crippen molar-refractivity contribution in [1.82, 2.24) is 5.32 Å². The SMILES string of the molecule is O=C1NC(=O)c2cccc3cccc1c23.O[C@H]1CCC[C@H](O)C1. The van der Waals surface area contributed by atoms with Crippen LogP contribution < -0.4 is 5.32 Å². The summed E-state index contributed by atoms with van der Waals surface area (Å²) in [5.41, 5.74) is 1.14. The molecule has 1 saturated carbocycles. The number of nitrogens with one attached hydrogen (secondary N) is 1. The zero-order valence-electron chi connectivity index (χ0n) is 12.7. The van der Waals surface area contributed by atoms with E-state index in [9.17, 15) is 9.59 Å². The third kappa shape index (κ3) is 3.25. The first kappa shape index (κ1) is 15.6. The number of carbonyl (C=O) groups is 2. The van der Waals surface area contributed by atoms with E-state index in [0.29, 0.717) is 17.5 Å². The third-order valence-electron chi connectivity index (χ3n) is 4.24. The Bertz CT molecular complexity index is 699. The summed E-state index contributed by atoms with van der Waals surface area (Å²) in [6, 6.07) is 10.9. The Kier molecular flexibility index (Phi) is 4.41. The van der Waals surface area contributed by atoms with Crippen molar-refractivity contribution in [3.05, 3.63) is 47.5 Å². The van der Waals surface area contributed by atoms with Gasteiger partial charge in [-0.3, -0.25) is 14.9 Å². The zero-order valence-corrected chi connectivity index (χ0v) is 12.7. The predicted octanol–water partition coefficient (Wildman–Crippen LogP) is 2.01. The summed E-state index contributed by atoms with van der Waals surface area (Å²) in [4.78, 5) is 23.1. The van der Waals surface area contributed by atoms with Crippen LogP contribution in [0.15, 0.2) is 36.4 Å². The predicted molar refractivity (Wildman–Crippen MR) is 86.2 cm³/mol. The van der Waals surface area contributed by atoms with Gasteiger partial charge in [0.1, 0.15) is 0 Å². The van der Waals surface area contributed by atoms with E-state index in [2.05, 4.69) is 5.32 Å². The highest BCUT2D eigenvalue weighted by Crippen LogP contribution is 2.25. The Morgan fingerprint density at radius 2 is 1.39 bits per heavy atom. The minimum absolute atomic E-state index is 0.237. The first-order valence-electron chi connectivity index (χ1n) is 7.80. The molecule has 0 unspecified atom stereocenters. The molecule has 5 nitrogen and oxygen atoms in total. The number of hydrogen-bond donors (Lipinski definition) is 3. The van der Waals surface area contributed by atoms with Gasteiger partial charge < -0.3 is 10.2 Å². The molecule has 0 bridgehead atoms. The number of rotatable bonds is 0. The largest absolute Gasteiger partial charge is 0.393 e. The Balaban J connectivity index is 0.000000166. The van der Waals surface area contributed by atoms with Crippen LogP contribution in [0.3, 0.4) is 0 Å². The number of aliphatic hydroxyl groups excluding tert-OH is 2. The van der Waals surface area contributed by atoms with Crippen molar-refractivity contribution in [3.63, 3.8) is 0 Å². The van der Waals surface area contributed by atoms with Crippen molar-refractivity contribution in [3.8, 4) is 0 Å². The number of carbonyl (C=O) groups excluding carboxylic acids is 2. The van der Waals surface area contributed by atoms with Crippen molar-refractivity contribution in [2.24, 2.45) is 0 Å². The third-order valence-corrected chi connectivity index (χ3v) is 4.24. The van der Waals surface area contributed by atoms with Crippen LogP contribution in [0.2, 0.25) is 0 Å². The number of aliphatic hydroxyl groups is 2. The minimum Gasteiger partial charge on any atom is -0.393 e. The Morgan fingerprint density at radius 3 is 1.83 bits per heavy atom. The fourth-order valence-electron chi connectivity index (χ4n) is 3.10. The minimum atomic E-state index is -0.315. The van der Waals surface area contributed by atoms with Crippen LogP contribution in [-0.4, -0.2) is 34.2 Å². The van der Waals surface area contributed by atoms with Crippen LogP contribution in [0.1, 0.15) is 46.4 Å². The topological polar surface area (TPSA) is 86.6 Å². The molecule has 1 fully saturated rings. The summed E-state index contributed by atoms with van der Waals surface area (Å²) in [7, 11) is 0. The fourth-order valence-corrected chi connectivity index (χ4v) is 3.10. The van der Waals surface area contributed by atoms with Crippen molar-refractivity contribution < 1.29 is 19.8 Å². The molecule has 3 N–H and O–H groups in total. The molecule has 2 aliphatic rings. The monoisotopic (exact) mass is 313 g/mol. The molecule has 23 heavy (non-hydrogen) atoms. The second-order valence-electron chi connectivity index (χ2n) is 5.97. The molecule has 1 aliphatic heterocycles. The van der Waals surface area contributed by atoms with E-state index in [1.54, 1.807) is 12.1 Å². The second kappa shape index (κ2) is 6.48. The Morgan fingerprint density at radius 1 is 0.870 bits per heavy atom. The van der Waals surface area contributed by atoms with Crippen LogP contribution >= 0.6 is 0 Å². The van der Waals surface area contributed by atoms with E-state index >= 15 is 0 Å². The van der Waals surface area contributed by atoms with Crippen LogP contribution in [0.5, 0.6) is 0 Å². The van der Waals surface area contributed by atoms with Gasteiger partial charge in [-0.1, -0.05) is 24.3 Å². The lowest BCUT2D eigenvalue weighted by atomic mass is 9.95. The summed E-state index contributed by atoms with van der Waals surface area (Å²) in [6.07, 6.45) is 2.83. The number of hydrogen-bond acceptors (Lipinski definition) is 4. The number of benzene rings is 2. The highest BCUT2D eigenvalue weighted by Gasteiger charge is 2.23. The van der Waals surface area contributed by atoms with Gasteiger partial charge in [0.25, 0.3) is 11.8 Å². The van der Waals surface area contributed by atoms with E-state index in [1.807, 2.05) is 24.3 Å². The second-order valence-corrected chi connectivity index (χ2v) is 5.97. The molecule has 4 rings (SSSR count). The van der Waals surface area contributed by atoms with Gasteiger partial charge in [0.2, 0.25) is 0 Å². The van der Waals surface area contributed by atoms with E-state index in [1.165, 1.54) is 0 Å². The molecule has 2 atom stereocenters. The first-order valence-corrected chi connectivity index (χ1v) is 7.80. The normalized spacial score (nSPS) is 23.0. The van der Waals surface area contributed by atoms with Gasteiger partial charge in [-0.15, -0.1) is 0 Å². The summed E-state index contributed by atoms with van der Waals surface area (Å²) < 4.78 is 0. The van der Waals surface area contributed by atoms with Gasteiger partial charge in [-0.25, -0.2) is 0 Å². The van der Waals surface area contributed by atoms with Gasteiger partial charge in [0.05, 0.1) is 12.2 Å². The highest BCUT2D eigenvalue weighted by molar-refractivity contribution is 6.25. The maximum absolute atomic E-state index is 11.6. The lowest BCUT2D eigenvalue weighted by Gasteiger charge is -2.20. The lowest BCUT2D eigenvalue weighted by molar-refractivity contribution is 0.0406. The highest BCUT2D eigenvalue weighted by atomic mass is 16.3. The number of amides is 2. The molecular weight excluding hydrogens is 294 g/mol. The molecule has 5 heteroatoms. The summed E-state index contributed by atoms with van der Waals surface area (Å²) >= 11 is 0. The van der Waals surface area contributed by atoms with Gasteiger partial charge in [-0.2, -0.15) is 0 Å². The van der Waals surface area contributed by atoms with Crippen LogP contribution in [0, 0.1) is 0 Å². The van der Waals surface area contributed by atoms with Gasteiger partial charge in [0.15, 0.2) is 0 Å². The fraction of sp³-hybridized carbons (Fsp3) is 0.333. The van der Waals surface area contributed by atoms with Crippen molar-refractivity contribution in [1.29, 1.82) is 0 Å². The van der Waals surface area contributed by atoms with Crippen molar-refractivity contribution in [2.75, 3.05) is 0 Å². The molecule has 2 aromatic rings. The molecule has 0 aromatic heterocycles. The van der Waals surface area contributed by atoms with Crippen molar-refractivity contribution >= 4 is 22.6 Å². The standard InChI is InChI=1S/C12H7NO2.C6H12O2/c14-11-8-5-1-3-7-4-2-6-9(10(7)8)12(15)13-11;7-5-2-1-3-6(8)4-5/h1-6H,(H,13,14,15);5-8H,1-4H2/t;5-,6-/m.0/s1. The quantitative estimate of drug-likeness (QED) is 0.649. The maximum Gasteiger partial charge on any atom is 0.258 e. The molecule has 1 aliphatic carbocycles. The van der Waals surface area contributed by atoms with Crippen LogP contribution in [-0.2, 0) is 0 Å². The van der Waals surface area contributed by atoms with Gasteiger partial charge in [0, 0.05) is 16.5 Å². The smallest absolute Gasteiger partial charge is 0.258 e. The molecule has 120 valence electrons. The Hall–Kier alpha value is -2.24. The number of imide groups is 1. The first-order chi connectivity index (χ1) is 11.1. The average molecular weight is 313 g/mol. The van der Waals surface area contributed by atoms with Gasteiger partial charge >= 0.3 is 0 Å². The van der Waals surface area contributed by atoms with Gasteiger partial charge in [-0.05, 0) is 43.2 Å². The Labute approximate surface area is 133 Å². The zero-order chi connectivity index (χ0) is 16.4. The lowest BCUT2D eigenvalue weighted by Crippen LogP contribution is -2.34.